The molecule has 0 unspecified atom stereocenters. The highest BCUT2D eigenvalue weighted by molar-refractivity contribution is 4.38. The lowest BCUT2D eigenvalue weighted by Crippen LogP contribution is -2.21. The zero-order valence-electron chi connectivity index (χ0n) is 5.83. The summed E-state index contributed by atoms with van der Waals surface area (Å²) in [5.74, 6) is 0. The molecule has 0 bridgehead atoms. The van der Waals surface area contributed by atoms with Crippen molar-refractivity contribution in [3.05, 3.63) is 0 Å². The van der Waals surface area contributed by atoms with Gasteiger partial charge in [-0.05, 0) is 14.1 Å². The van der Waals surface area contributed by atoms with E-state index in [1.54, 1.807) is 0 Å². The van der Waals surface area contributed by atoms with E-state index in [9.17, 15) is 0 Å². The second kappa shape index (κ2) is 15.8. The van der Waals surface area contributed by atoms with Gasteiger partial charge in [-0.3, -0.25) is 0 Å². The van der Waals surface area contributed by atoms with Crippen LogP contribution in [0.15, 0.2) is 0 Å². The molecule has 4 heteroatoms. The zero-order valence-corrected chi connectivity index (χ0v) is 5.83. The summed E-state index contributed by atoms with van der Waals surface area (Å²) >= 11 is 0. The fraction of sp³-hybridized carbons (Fsp3) is 1.00. The van der Waals surface area contributed by atoms with Crippen LogP contribution in [0, 0.1) is 0 Å². The molecule has 0 aromatic heterocycles. The molecule has 0 amide bonds. The first-order valence-electron chi connectivity index (χ1n) is 2.21. The van der Waals surface area contributed by atoms with Crippen molar-refractivity contribution in [1.29, 1.82) is 0 Å². The van der Waals surface area contributed by atoms with Gasteiger partial charge in [0.15, 0.2) is 0 Å². The lowest BCUT2D eigenvalue weighted by Gasteiger charge is -1.92. The average molecular weight is 122 g/mol. The van der Waals surface area contributed by atoms with E-state index in [4.69, 9.17) is 0 Å². The minimum atomic E-state index is 0. The first-order valence-corrected chi connectivity index (χ1v) is 2.21. The van der Waals surface area contributed by atoms with E-state index in [0.29, 0.717) is 0 Å². The van der Waals surface area contributed by atoms with Gasteiger partial charge in [0.2, 0.25) is 0 Å². The molecule has 0 aromatic rings. The van der Waals surface area contributed by atoms with Crippen molar-refractivity contribution in [2.75, 3.05) is 27.2 Å². The summed E-state index contributed by atoms with van der Waals surface area (Å²) in [6.07, 6.45) is 0. The van der Waals surface area contributed by atoms with Crippen LogP contribution in [0.4, 0.5) is 0 Å². The van der Waals surface area contributed by atoms with Gasteiger partial charge in [0.05, 0.1) is 0 Å². The molecular formula is C4H18N4. The number of hydrogen-bond donors (Lipinski definition) is 4. The van der Waals surface area contributed by atoms with Gasteiger partial charge in [0.25, 0.3) is 0 Å². The predicted octanol–water partition coefficient (Wildman–Crippen LogP) is -0.251. The molecule has 0 radical (unpaired) electrons. The normalized spacial score (nSPS) is 6.75. The lowest BCUT2D eigenvalue weighted by atomic mass is 10.6. The highest BCUT2D eigenvalue weighted by atomic mass is 14.9. The van der Waals surface area contributed by atoms with Crippen LogP contribution in [-0.4, -0.2) is 27.2 Å². The van der Waals surface area contributed by atoms with Crippen molar-refractivity contribution in [1.82, 2.24) is 22.9 Å². The Balaban J connectivity index is -0.000000125. The first-order chi connectivity index (χ1) is 2.91. The van der Waals surface area contributed by atoms with Gasteiger partial charge < -0.3 is 22.9 Å². The van der Waals surface area contributed by atoms with Crippen LogP contribution >= 0.6 is 0 Å². The number of rotatable bonds is 3. The molecule has 8 heavy (non-hydrogen) atoms. The van der Waals surface area contributed by atoms with Gasteiger partial charge in [0, 0.05) is 13.1 Å². The Morgan fingerprint density at radius 2 is 1.12 bits per heavy atom. The molecule has 0 saturated heterocycles. The summed E-state index contributed by atoms with van der Waals surface area (Å²) in [6, 6.07) is 0. The Labute approximate surface area is 51.2 Å². The maximum absolute atomic E-state index is 3.01. The van der Waals surface area contributed by atoms with E-state index in [-0.39, 0.29) is 12.3 Å². The van der Waals surface area contributed by atoms with E-state index in [1.165, 1.54) is 0 Å². The molecule has 0 fully saturated rings. The fourth-order valence-electron chi connectivity index (χ4n) is 0.250. The Morgan fingerprint density at radius 1 is 0.875 bits per heavy atom. The smallest absolute Gasteiger partial charge is 0.00736 e. The third-order valence-corrected chi connectivity index (χ3v) is 0.625. The van der Waals surface area contributed by atoms with Gasteiger partial charge in [-0.15, -0.1) is 0 Å². The van der Waals surface area contributed by atoms with Crippen molar-refractivity contribution in [3.8, 4) is 0 Å². The summed E-state index contributed by atoms with van der Waals surface area (Å²) in [5, 5.41) is 6.01. The molecule has 0 heterocycles. The molecule has 4 nitrogen and oxygen atoms in total. The van der Waals surface area contributed by atoms with Crippen LogP contribution in [-0.2, 0) is 0 Å². The van der Waals surface area contributed by atoms with Crippen molar-refractivity contribution < 1.29 is 0 Å². The highest BCUT2D eigenvalue weighted by Crippen LogP contribution is 1.45. The van der Waals surface area contributed by atoms with E-state index in [1.807, 2.05) is 14.1 Å². The van der Waals surface area contributed by atoms with Gasteiger partial charge >= 0.3 is 0 Å². The molecule has 0 aliphatic carbocycles. The molecule has 8 N–H and O–H groups in total. The second-order valence-corrected chi connectivity index (χ2v) is 1.21. The SMILES string of the molecule is CNCCNC.N.N. The number of hydrogen-bond acceptors (Lipinski definition) is 4. The zero-order chi connectivity index (χ0) is 4.83. The molecule has 0 atom stereocenters. The number of likely N-dealkylation sites (N-methyl/N-ethyl adjacent to an activating group) is 2. The summed E-state index contributed by atoms with van der Waals surface area (Å²) in [4.78, 5) is 0. The van der Waals surface area contributed by atoms with Crippen LogP contribution in [0.5, 0.6) is 0 Å². The standard InChI is InChI=1S/C4H12N2.2H3N/c1-5-3-4-6-2;;/h5-6H,3-4H2,1-2H3;2*1H3. The Hall–Kier alpha value is -0.160. The van der Waals surface area contributed by atoms with Gasteiger partial charge in [-0.1, -0.05) is 0 Å². The molecule has 0 aromatic carbocycles. The fourth-order valence-corrected chi connectivity index (χ4v) is 0.250. The van der Waals surface area contributed by atoms with Crippen LogP contribution in [0.3, 0.4) is 0 Å². The maximum atomic E-state index is 3.01. The van der Waals surface area contributed by atoms with E-state index in [0.717, 1.165) is 13.1 Å². The topological polar surface area (TPSA) is 94.1 Å². The lowest BCUT2D eigenvalue weighted by molar-refractivity contribution is 0.718. The van der Waals surface area contributed by atoms with E-state index >= 15 is 0 Å². The molecule has 0 aliphatic rings. The van der Waals surface area contributed by atoms with Crippen LogP contribution in [0.25, 0.3) is 0 Å². The first kappa shape index (κ1) is 15.7. The predicted molar refractivity (Wildman–Crippen MR) is 37.9 cm³/mol. The van der Waals surface area contributed by atoms with Crippen LogP contribution in [0.1, 0.15) is 0 Å². The summed E-state index contributed by atoms with van der Waals surface area (Å²) in [5.41, 5.74) is 0. The average Bonchev–Trinajstić information content (AvgIpc) is 1.61. The summed E-state index contributed by atoms with van der Waals surface area (Å²) < 4.78 is 0. The summed E-state index contributed by atoms with van der Waals surface area (Å²) in [6.45, 7) is 2.10. The van der Waals surface area contributed by atoms with Crippen molar-refractivity contribution in [2.45, 2.75) is 0 Å². The molecule has 0 saturated carbocycles. The Bertz CT molecular complexity index is 20.0. The highest BCUT2D eigenvalue weighted by Gasteiger charge is 1.70. The Morgan fingerprint density at radius 3 is 1.25 bits per heavy atom. The number of nitrogens with one attached hydrogen (secondary N) is 2. The molecule has 54 valence electrons. The molecular weight excluding hydrogens is 104 g/mol. The molecule has 0 rings (SSSR count). The van der Waals surface area contributed by atoms with E-state index < -0.39 is 0 Å². The summed E-state index contributed by atoms with van der Waals surface area (Å²) in [7, 11) is 3.88. The second-order valence-electron chi connectivity index (χ2n) is 1.21. The van der Waals surface area contributed by atoms with Crippen molar-refractivity contribution in [2.24, 2.45) is 0 Å². The minimum absolute atomic E-state index is 0. The maximum Gasteiger partial charge on any atom is 0.00736 e. The monoisotopic (exact) mass is 122 g/mol. The van der Waals surface area contributed by atoms with Crippen molar-refractivity contribution in [3.63, 3.8) is 0 Å². The van der Waals surface area contributed by atoms with Crippen molar-refractivity contribution >= 4 is 0 Å². The Kier molecular flexibility index (Phi) is 31.0. The molecule has 0 aliphatic heterocycles. The third-order valence-electron chi connectivity index (χ3n) is 0.625. The van der Waals surface area contributed by atoms with Gasteiger partial charge in [0.1, 0.15) is 0 Å². The molecule has 0 spiro atoms. The van der Waals surface area contributed by atoms with Gasteiger partial charge in [-0.2, -0.15) is 0 Å². The van der Waals surface area contributed by atoms with Crippen LogP contribution in [0.2, 0.25) is 0 Å². The third kappa shape index (κ3) is 17.0. The minimum Gasteiger partial charge on any atom is -0.344 e. The van der Waals surface area contributed by atoms with E-state index in [2.05, 4.69) is 10.6 Å². The van der Waals surface area contributed by atoms with Crippen LogP contribution < -0.4 is 22.9 Å². The van der Waals surface area contributed by atoms with Gasteiger partial charge in [-0.25, -0.2) is 0 Å². The quantitative estimate of drug-likeness (QED) is 0.388. The largest absolute Gasteiger partial charge is 0.344 e.